The van der Waals surface area contributed by atoms with Crippen LogP contribution in [0.25, 0.3) is 0 Å². The zero-order valence-corrected chi connectivity index (χ0v) is 13.3. The van der Waals surface area contributed by atoms with Crippen molar-refractivity contribution in [3.8, 4) is 11.5 Å². The van der Waals surface area contributed by atoms with Gasteiger partial charge >= 0.3 is 0 Å². The smallest absolute Gasteiger partial charge is 0.123 e. The summed E-state index contributed by atoms with van der Waals surface area (Å²) in [4.78, 5) is 0. The van der Waals surface area contributed by atoms with Crippen molar-refractivity contribution >= 4 is 0 Å². The fourth-order valence-corrected chi connectivity index (χ4v) is 2.05. The van der Waals surface area contributed by atoms with E-state index in [1.807, 2.05) is 31.2 Å². The van der Waals surface area contributed by atoms with Gasteiger partial charge in [0.2, 0.25) is 0 Å². The minimum atomic E-state index is 0.218. The van der Waals surface area contributed by atoms with Crippen LogP contribution in [-0.2, 0) is 0 Å². The lowest BCUT2D eigenvalue weighted by atomic mass is 10.2. The minimum Gasteiger partial charge on any atom is -0.494 e. The molecule has 0 aliphatic carbocycles. The highest BCUT2D eigenvalue weighted by Crippen LogP contribution is 2.21. The Bertz CT molecular complexity index is 366. The van der Waals surface area contributed by atoms with Gasteiger partial charge in [-0.25, -0.2) is 0 Å². The van der Waals surface area contributed by atoms with E-state index in [-0.39, 0.29) is 6.10 Å². The van der Waals surface area contributed by atoms with E-state index in [9.17, 15) is 0 Å². The first-order valence-corrected chi connectivity index (χ1v) is 7.75. The van der Waals surface area contributed by atoms with E-state index in [2.05, 4.69) is 26.1 Å². The summed E-state index contributed by atoms with van der Waals surface area (Å²) in [6, 6.07) is 7.90. The third kappa shape index (κ3) is 6.80. The molecule has 0 fully saturated rings. The molecule has 1 atom stereocenters. The van der Waals surface area contributed by atoms with Gasteiger partial charge in [-0.2, -0.15) is 0 Å². The average molecular weight is 279 g/mol. The van der Waals surface area contributed by atoms with Gasteiger partial charge < -0.3 is 14.8 Å². The summed E-state index contributed by atoms with van der Waals surface area (Å²) in [6.07, 6.45) is 2.40. The molecule has 0 aromatic heterocycles. The molecule has 1 aromatic carbocycles. The molecule has 0 saturated heterocycles. The molecule has 0 spiro atoms. The maximum Gasteiger partial charge on any atom is 0.123 e. The van der Waals surface area contributed by atoms with E-state index < -0.39 is 0 Å². The van der Waals surface area contributed by atoms with Crippen LogP contribution in [0.2, 0.25) is 0 Å². The molecule has 3 nitrogen and oxygen atoms in total. The Kier molecular flexibility index (Phi) is 8.12. The quantitative estimate of drug-likeness (QED) is 0.705. The predicted molar refractivity (Wildman–Crippen MR) is 84.6 cm³/mol. The highest BCUT2D eigenvalue weighted by molar-refractivity contribution is 5.33. The van der Waals surface area contributed by atoms with Crippen molar-refractivity contribution in [1.82, 2.24) is 5.32 Å². The van der Waals surface area contributed by atoms with Crippen LogP contribution in [0.4, 0.5) is 0 Å². The summed E-state index contributed by atoms with van der Waals surface area (Å²) >= 11 is 0. The number of nitrogens with one attached hydrogen (secondary N) is 1. The lowest BCUT2D eigenvalue weighted by Crippen LogP contribution is -2.33. The Morgan fingerprint density at radius 3 is 2.50 bits per heavy atom. The Morgan fingerprint density at radius 1 is 1.10 bits per heavy atom. The first kappa shape index (κ1) is 16.8. The number of rotatable bonds is 10. The monoisotopic (exact) mass is 279 g/mol. The standard InChI is InChI=1S/C17H29NO2/c1-5-8-17(13-18-12-14(3)4)20-16-10-7-9-15(11-16)19-6-2/h7,9-11,14,17-18H,5-6,8,12-13H2,1-4H3. The lowest BCUT2D eigenvalue weighted by Gasteiger charge is -2.20. The largest absolute Gasteiger partial charge is 0.494 e. The van der Waals surface area contributed by atoms with E-state index in [4.69, 9.17) is 9.47 Å². The van der Waals surface area contributed by atoms with Gasteiger partial charge in [0.25, 0.3) is 0 Å². The van der Waals surface area contributed by atoms with E-state index in [1.54, 1.807) is 0 Å². The number of benzene rings is 1. The predicted octanol–water partition coefficient (Wildman–Crippen LogP) is 3.88. The van der Waals surface area contributed by atoms with Crippen LogP contribution in [0.5, 0.6) is 11.5 Å². The Morgan fingerprint density at radius 2 is 1.85 bits per heavy atom. The molecule has 1 rings (SSSR count). The van der Waals surface area contributed by atoms with Crippen LogP contribution in [0.3, 0.4) is 0 Å². The molecule has 0 bridgehead atoms. The lowest BCUT2D eigenvalue weighted by molar-refractivity contribution is 0.184. The zero-order valence-electron chi connectivity index (χ0n) is 13.3. The highest BCUT2D eigenvalue weighted by atomic mass is 16.5. The van der Waals surface area contributed by atoms with Crippen molar-refractivity contribution in [3.63, 3.8) is 0 Å². The van der Waals surface area contributed by atoms with Gasteiger partial charge in [-0.05, 0) is 37.9 Å². The SMILES string of the molecule is CCCC(CNCC(C)C)Oc1cccc(OCC)c1. The first-order chi connectivity index (χ1) is 9.65. The van der Waals surface area contributed by atoms with Gasteiger partial charge in [0, 0.05) is 12.6 Å². The molecule has 1 aromatic rings. The second-order valence-corrected chi connectivity index (χ2v) is 5.49. The number of hydrogen-bond donors (Lipinski definition) is 1. The first-order valence-electron chi connectivity index (χ1n) is 7.75. The van der Waals surface area contributed by atoms with Crippen molar-refractivity contribution in [2.45, 2.75) is 46.6 Å². The van der Waals surface area contributed by atoms with Crippen LogP contribution in [-0.4, -0.2) is 25.8 Å². The molecule has 0 saturated carbocycles. The van der Waals surface area contributed by atoms with Gasteiger partial charge in [0.05, 0.1) is 6.61 Å². The summed E-state index contributed by atoms with van der Waals surface area (Å²) in [5, 5.41) is 3.47. The highest BCUT2D eigenvalue weighted by Gasteiger charge is 2.10. The Balaban J connectivity index is 2.53. The molecular weight excluding hydrogens is 250 g/mol. The van der Waals surface area contributed by atoms with E-state index in [0.717, 1.165) is 37.4 Å². The van der Waals surface area contributed by atoms with Gasteiger partial charge in [-0.1, -0.05) is 33.3 Å². The van der Waals surface area contributed by atoms with Gasteiger partial charge in [-0.15, -0.1) is 0 Å². The number of hydrogen-bond acceptors (Lipinski definition) is 3. The third-order valence-corrected chi connectivity index (χ3v) is 2.95. The van der Waals surface area contributed by atoms with E-state index >= 15 is 0 Å². The molecule has 0 aliphatic heterocycles. The molecule has 0 radical (unpaired) electrons. The molecule has 0 heterocycles. The van der Waals surface area contributed by atoms with Crippen LogP contribution in [0, 0.1) is 5.92 Å². The summed E-state index contributed by atoms with van der Waals surface area (Å²) in [5.41, 5.74) is 0. The van der Waals surface area contributed by atoms with Crippen LogP contribution in [0.15, 0.2) is 24.3 Å². The van der Waals surface area contributed by atoms with Crippen LogP contribution in [0.1, 0.15) is 40.5 Å². The summed E-state index contributed by atoms with van der Waals surface area (Å²) in [6.45, 7) is 11.2. The van der Waals surface area contributed by atoms with Crippen LogP contribution >= 0.6 is 0 Å². The molecular formula is C17H29NO2. The van der Waals surface area contributed by atoms with Gasteiger partial charge in [0.1, 0.15) is 17.6 Å². The third-order valence-electron chi connectivity index (χ3n) is 2.95. The second-order valence-electron chi connectivity index (χ2n) is 5.49. The molecule has 114 valence electrons. The van der Waals surface area contributed by atoms with Crippen molar-refractivity contribution in [2.24, 2.45) is 5.92 Å². The normalized spacial score (nSPS) is 12.4. The fourth-order valence-electron chi connectivity index (χ4n) is 2.05. The van der Waals surface area contributed by atoms with Crippen molar-refractivity contribution in [2.75, 3.05) is 19.7 Å². The second kappa shape index (κ2) is 9.65. The minimum absolute atomic E-state index is 0.218. The van der Waals surface area contributed by atoms with Crippen LogP contribution < -0.4 is 14.8 Å². The molecule has 1 N–H and O–H groups in total. The Labute approximate surface area is 123 Å². The summed E-state index contributed by atoms with van der Waals surface area (Å²) in [7, 11) is 0. The average Bonchev–Trinajstić information content (AvgIpc) is 2.39. The van der Waals surface area contributed by atoms with E-state index in [0.29, 0.717) is 12.5 Å². The Hall–Kier alpha value is -1.22. The van der Waals surface area contributed by atoms with E-state index in [1.165, 1.54) is 0 Å². The van der Waals surface area contributed by atoms with Crippen molar-refractivity contribution < 1.29 is 9.47 Å². The molecule has 0 aliphatic rings. The maximum absolute atomic E-state index is 6.08. The van der Waals surface area contributed by atoms with Crippen molar-refractivity contribution in [3.05, 3.63) is 24.3 Å². The summed E-state index contributed by atoms with van der Waals surface area (Å²) < 4.78 is 11.6. The van der Waals surface area contributed by atoms with Gasteiger partial charge in [0.15, 0.2) is 0 Å². The molecule has 1 unspecified atom stereocenters. The topological polar surface area (TPSA) is 30.5 Å². The summed E-state index contributed by atoms with van der Waals surface area (Å²) in [5.74, 6) is 2.43. The molecule has 20 heavy (non-hydrogen) atoms. The van der Waals surface area contributed by atoms with Crippen molar-refractivity contribution in [1.29, 1.82) is 0 Å². The fraction of sp³-hybridized carbons (Fsp3) is 0.647. The molecule has 3 heteroatoms. The van der Waals surface area contributed by atoms with Gasteiger partial charge in [-0.3, -0.25) is 0 Å². The zero-order chi connectivity index (χ0) is 14.8. The number of ether oxygens (including phenoxy) is 2. The molecule has 0 amide bonds. The maximum atomic E-state index is 6.08.